The second kappa shape index (κ2) is 7.38. The number of amides is 2. The third kappa shape index (κ3) is 4.03. The molecule has 1 aliphatic heterocycles. The Morgan fingerprint density at radius 1 is 1.14 bits per heavy atom. The quantitative estimate of drug-likeness (QED) is 0.687. The third-order valence-electron chi connectivity index (χ3n) is 5.13. The number of halogens is 3. The molecule has 1 aromatic carbocycles. The Kier molecular flexibility index (Phi) is 4.89. The largest absolute Gasteiger partial charge is 0.417 e. The van der Waals surface area contributed by atoms with Gasteiger partial charge in [-0.1, -0.05) is 17.7 Å². The van der Waals surface area contributed by atoms with Crippen molar-refractivity contribution in [2.24, 2.45) is 0 Å². The maximum atomic E-state index is 13.1. The molecule has 1 saturated heterocycles. The minimum absolute atomic E-state index is 0.189. The molecular formula is C20H20F3N5O. The number of piperidine rings is 1. The van der Waals surface area contributed by atoms with Gasteiger partial charge in [-0.3, -0.25) is 4.40 Å². The van der Waals surface area contributed by atoms with Crippen molar-refractivity contribution < 1.29 is 18.0 Å². The minimum atomic E-state index is -4.44. The molecule has 1 aliphatic rings. The van der Waals surface area contributed by atoms with Gasteiger partial charge in [0.1, 0.15) is 5.82 Å². The predicted octanol–water partition coefficient (Wildman–Crippen LogP) is 4.47. The van der Waals surface area contributed by atoms with Crippen molar-refractivity contribution in [3.05, 3.63) is 59.5 Å². The Bertz CT molecular complexity index is 1030. The molecule has 6 nitrogen and oxygen atoms in total. The third-order valence-corrected chi connectivity index (χ3v) is 5.13. The number of hydrogen-bond donors (Lipinski definition) is 1. The summed E-state index contributed by atoms with van der Waals surface area (Å²) in [6.07, 6.45) is -1.95. The van der Waals surface area contributed by atoms with Gasteiger partial charge in [0, 0.05) is 30.9 Å². The number of nitrogens with one attached hydrogen (secondary N) is 1. The zero-order chi connectivity index (χ0) is 20.6. The number of aryl methyl sites for hydroxylation is 1. The Morgan fingerprint density at radius 2 is 1.90 bits per heavy atom. The Hall–Kier alpha value is -3.10. The van der Waals surface area contributed by atoms with Gasteiger partial charge in [0.05, 0.1) is 5.56 Å². The summed E-state index contributed by atoms with van der Waals surface area (Å²) in [6, 6.07) is 9.56. The molecule has 1 fully saturated rings. The van der Waals surface area contributed by atoms with Crippen LogP contribution < -0.4 is 5.32 Å². The van der Waals surface area contributed by atoms with Crippen LogP contribution in [0.1, 0.15) is 35.7 Å². The number of carbonyl (C=O) groups is 1. The van der Waals surface area contributed by atoms with Gasteiger partial charge < -0.3 is 10.2 Å². The van der Waals surface area contributed by atoms with E-state index in [4.69, 9.17) is 0 Å². The van der Waals surface area contributed by atoms with Crippen molar-refractivity contribution in [1.29, 1.82) is 0 Å². The minimum Gasteiger partial charge on any atom is -0.324 e. The first-order valence-electron chi connectivity index (χ1n) is 9.36. The monoisotopic (exact) mass is 403 g/mol. The summed E-state index contributed by atoms with van der Waals surface area (Å²) in [5.41, 5.74) is 1.40. The van der Waals surface area contributed by atoms with Gasteiger partial charge >= 0.3 is 12.2 Å². The van der Waals surface area contributed by atoms with E-state index in [9.17, 15) is 18.0 Å². The lowest BCUT2D eigenvalue weighted by molar-refractivity contribution is -0.137. The molecule has 4 rings (SSSR count). The van der Waals surface area contributed by atoms with E-state index in [1.165, 1.54) is 10.5 Å². The van der Waals surface area contributed by atoms with Crippen LogP contribution in [-0.2, 0) is 6.18 Å². The van der Waals surface area contributed by atoms with Crippen LogP contribution in [0.2, 0.25) is 0 Å². The predicted molar refractivity (Wildman–Crippen MR) is 102 cm³/mol. The fraction of sp³-hybridized carbons (Fsp3) is 0.350. The maximum Gasteiger partial charge on any atom is 0.417 e. The van der Waals surface area contributed by atoms with Crippen molar-refractivity contribution in [3.63, 3.8) is 0 Å². The highest BCUT2D eigenvalue weighted by Gasteiger charge is 2.32. The average molecular weight is 403 g/mol. The lowest BCUT2D eigenvalue weighted by Crippen LogP contribution is -2.42. The van der Waals surface area contributed by atoms with Crippen molar-refractivity contribution in [2.75, 3.05) is 18.4 Å². The van der Waals surface area contributed by atoms with Gasteiger partial charge in [0.2, 0.25) is 0 Å². The molecule has 0 aliphatic carbocycles. The molecule has 0 spiro atoms. The van der Waals surface area contributed by atoms with Crippen LogP contribution in [-0.4, -0.2) is 38.6 Å². The van der Waals surface area contributed by atoms with E-state index in [0.717, 1.165) is 30.7 Å². The summed E-state index contributed by atoms with van der Waals surface area (Å²) in [5, 5.41) is 11.0. The first kappa shape index (κ1) is 19.2. The molecule has 152 valence electrons. The van der Waals surface area contributed by atoms with Gasteiger partial charge in [0.25, 0.3) is 0 Å². The van der Waals surface area contributed by atoms with Gasteiger partial charge in [-0.2, -0.15) is 13.2 Å². The van der Waals surface area contributed by atoms with Crippen LogP contribution in [0.25, 0.3) is 5.65 Å². The fourth-order valence-electron chi connectivity index (χ4n) is 3.57. The summed E-state index contributed by atoms with van der Waals surface area (Å²) in [6.45, 7) is 2.92. The summed E-state index contributed by atoms with van der Waals surface area (Å²) in [4.78, 5) is 14.3. The molecule has 0 radical (unpaired) electrons. The van der Waals surface area contributed by atoms with Crippen molar-refractivity contribution in [3.8, 4) is 0 Å². The van der Waals surface area contributed by atoms with Crippen LogP contribution in [0.5, 0.6) is 0 Å². The van der Waals surface area contributed by atoms with Gasteiger partial charge in [0.15, 0.2) is 5.65 Å². The number of anilines is 1. The average Bonchev–Trinajstić information content (AvgIpc) is 3.12. The standard InChI is InChI=1S/C20H20F3N5O/c1-13-4-7-16(8-5-13)24-19(29)27-10-2-3-14(11-27)18-26-25-17-9-6-15(12-28(17)18)20(21,22)23/h4-9,12,14H,2-3,10-11H2,1H3,(H,24,29). The lowest BCUT2D eigenvalue weighted by atomic mass is 9.97. The normalized spacial score (nSPS) is 17.5. The topological polar surface area (TPSA) is 62.5 Å². The molecule has 0 saturated carbocycles. The van der Waals surface area contributed by atoms with Gasteiger partial charge in [-0.15, -0.1) is 10.2 Å². The molecule has 1 unspecified atom stereocenters. The van der Waals surface area contributed by atoms with Crippen molar-refractivity contribution in [2.45, 2.75) is 31.9 Å². The smallest absolute Gasteiger partial charge is 0.324 e. The van der Waals surface area contributed by atoms with E-state index in [2.05, 4.69) is 15.5 Å². The van der Waals surface area contributed by atoms with Crippen LogP contribution in [0.3, 0.4) is 0 Å². The first-order valence-corrected chi connectivity index (χ1v) is 9.36. The van der Waals surface area contributed by atoms with Gasteiger partial charge in [-0.05, 0) is 44.0 Å². The Labute approximate surface area is 165 Å². The molecule has 2 aromatic heterocycles. The van der Waals surface area contributed by atoms with E-state index in [-0.39, 0.29) is 11.9 Å². The summed E-state index contributed by atoms with van der Waals surface area (Å²) < 4.78 is 40.6. The Morgan fingerprint density at radius 3 is 2.62 bits per heavy atom. The number of pyridine rings is 1. The first-order chi connectivity index (χ1) is 13.8. The van der Waals surface area contributed by atoms with E-state index in [0.29, 0.717) is 30.2 Å². The second-order valence-electron chi connectivity index (χ2n) is 7.28. The van der Waals surface area contributed by atoms with Gasteiger partial charge in [-0.25, -0.2) is 4.79 Å². The molecule has 0 bridgehead atoms. The van der Waals surface area contributed by atoms with Crippen LogP contribution in [0.4, 0.5) is 23.7 Å². The molecule has 1 atom stereocenters. The number of hydrogen-bond acceptors (Lipinski definition) is 3. The number of carbonyl (C=O) groups excluding carboxylic acids is 1. The summed E-state index contributed by atoms with van der Waals surface area (Å²) >= 11 is 0. The zero-order valence-electron chi connectivity index (χ0n) is 15.8. The summed E-state index contributed by atoms with van der Waals surface area (Å²) in [7, 11) is 0. The maximum absolute atomic E-state index is 13.1. The number of aromatic nitrogens is 3. The number of likely N-dealkylation sites (tertiary alicyclic amines) is 1. The van der Waals surface area contributed by atoms with Crippen LogP contribution in [0, 0.1) is 6.92 Å². The number of urea groups is 1. The van der Waals surface area contributed by atoms with E-state index in [1.807, 2.05) is 31.2 Å². The SMILES string of the molecule is Cc1ccc(NC(=O)N2CCCC(c3nnc4ccc(C(F)(F)F)cn34)C2)cc1. The number of alkyl halides is 3. The fourth-order valence-corrected chi connectivity index (χ4v) is 3.57. The lowest BCUT2D eigenvalue weighted by Gasteiger charge is -2.32. The zero-order valence-corrected chi connectivity index (χ0v) is 15.8. The highest BCUT2D eigenvalue weighted by Crippen LogP contribution is 2.31. The van der Waals surface area contributed by atoms with Crippen LogP contribution >= 0.6 is 0 Å². The number of benzene rings is 1. The highest BCUT2D eigenvalue weighted by atomic mass is 19.4. The van der Waals surface area contributed by atoms with E-state index >= 15 is 0 Å². The van der Waals surface area contributed by atoms with E-state index < -0.39 is 11.7 Å². The van der Waals surface area contributed by atoms with E-state index in [1.54, 1.807) is 4.90 Å². The molecule has 29 heavy (non-hydrogen) atoms. The molecule has 1 N–H and O–H groups in total. The molecule has 3 heterocycles. The number of rotatable bonds is 2. The molecular weight excluding hydrogens is 383 g/mol. The molecule has 3 aromatic rings. The van der Waals surface area contributed by atoms with Crippen molar-refractivity contribution >= 4 is 17.4 Å². The molecule has 9 heteroatoms. The highest BCUT2D eigenvalue weighted by molar-refractivity contribution is 5.89. The number of nitrogens with zero attached hydrogens (tertiary/aromatic N) is 4. The van der Waals surface area contributed by atoms with Crippen molar-refractivity contribution in [1.82, 2.24) is 19.5 Å². The molecule has 2 amide bonds. The van der Waals surface area contributed by atoms with Crippen LogP contribution in [0.15, 0.2) is 42.6 Å². The Balaban J connectivity index is 1.53. The number of fused-ring (bicyclic) bond motifs is 1. The second-order valence-corrected chi connectivity index (χ2v) is 7.28. The summed E-state index contributed by atoms with van der Waals surface area (Å²) in [5.74, 6) is 0.255.